The van der Waals surface area contributed by atoms with Gasteiger partial charge < -0.3 is 10.1 Å². The highest BCUT2D eigenvalue weighted by molar-refractivity contribution is 6.06. The molecule has 1 aliphatic heterocycles. The highest BCUT2D eigenvalue weighted by Gasteiger charge is 2.43. The molecule has 6 nitrogen and oxygen atoms in total. The highest BCUT2D eigenvalue weighted by atomic mass is 16.5. The topological polar surface area (TPSA) is 75.7 Å². The third-order valence-electron chi connectivity index (χ3n) is 3.76. The zero-order valence-corrected chi connectivity index (χ0v) is 13.9. The second-order valence-corrected chi connectivity index (χ2v) is 6.36. The van der Waals surface area contributed by atoms with Gasteiger partial charge in [0.25, 0.3) is 5.91 Å². The number of nitrogens with one attached hydrogen (secondary N) is 1. The summed E-state index contributed by atoms with van der Waals surface area (Å²) in [5.74, 6) is -0.106. The molecule has 0 saturated carbocycles. The number of benzene rings is 1. The smallest absolute Gasteiger partial charge is 0.325 e. The van der Waals surface area contributed by atoms with Crippen LogP contribution in [-0.2, 0) is 9.59 Å². The SMILES string of the molecule is Cc1ccc(OC(=O)CCCN2C(=O)NC(C)(C)C2=O)c(C)c1. The summed E-state index contributed by atoms with van der Waals surface area (Å²) >= 11 is 0. The number of carbonyl (C=O) groups excluding carboxylic acids is 3. The Hall–Kier alpha value is -2.37. The zero-order chi connectivity index (χ0) is 17.2. The fourth-order valence-corrected chi connectivity index (χ4v) is 2.49. The average molecular weight is 318 g/mol. The van der Waals surface area contributed by atoms with Crippen LogP contribution < -0.4 is 10.1 Å². The Morgan fingerprint density at radius 2 is 1.96 bits per heavy atom. The van der Waals surface area contributed by atoms with Gasteiger partial charge in [0.1, 0.15) is 11.3 Å². The van der Waals surface area contributed by atoms with Gasteiger partial charge in [-0.1, -0.05) is 17.7 Å². The van der Waals surface area contributed by atoms with E-state index in [2.05, 4.69) is 5.32 Å². The first kappa shape index (κ1) is 17.0. The maximum Gasteiger partial charge on any atom is 0.325 e. The van der Waals surface area contributed by atoms with E-state index in [0.29, 0.717) is 12.2 Å². The Morgan fingerprint density at radius 3 is 2.52 bits per heavy atom. The molecule has 0 atom stereocenters. The maximum atomic E-state index is 12.0. The number of nitrogens with zero attached hydrogens (tertiary/aromatic N) is 1. The molecule has 1 aliphatic rings. The molecule has 0 aromatic heterocycles. The van der Waals surface area contributed by atoms with Crippen molar-refractivity contribution < 1.29 is 19.1 Å². The number of imide groups is 1. The zero-order valence-electron chi connectivity index (χ0n) is 13.9. The van der Waals surface area contributed by atoms with E-state index in [9.17, 15) is 14.4 Å². The predicted octanol–water partition coefficient (Wildman–Crippen LogP) is 2.32. The summed E-state index contributed by atoms with van der Waals surface area (Å²) in [6, 6.07) is 5.17. The second-order valence-electron chi connectivity index (χ2n) is 6.36. The van der Waals surface area contributed by atoms with Gasteiger partial charge in [-0.25, -0.2) is 4.79 Å². The highest BCUT2D eigenvalue weighted by Crippen LogP contribution is 2.20. The van der Waals surface area contributed by atoms with Gasteiger partial charge in [-0.3, -0.25) is 14.5 Å². The first-order chi connectivity index (χ1) is 10.7. The fraction of sp³-hybridized carbons (Fsp3) is 0.471. The standard InChI is InChI=1S/C17H22N2O4/c1-11-7-8-13(12(2)10-11)23-14(20)6-5-9-19-15(21)17(3,4)18-16(19)22/h7-8,10H,5-6,9H2,1-4H3,(H,18,22). The van der Waals surface area contributed by atoms with Crippen LogP contribution in [-0.4, -0.2) is 34.9 Å². The molecule has 0 aliphatic carbocycles. The van der Waals surface area contributed by atoms with Crippen LogP contribution >= 0.6 is 0 Å². The predicted molar refractivity (Wildman–Crippen MR) is 85.1 cm³/mol. The molecule has 1 aromatic rings. The molecule has 3 amide bonds. The minimum absolute atomic E-state index is 0.144. The summed E-state index contributed by atoms with van der Waals surface area (Å²) in [6.45, 7) is 7.36. The number of hydrogen-bond donors (Lipinski definition) is 1. The number of ether oxygens (including phenoxy) is 1. The van der Waals surface area contributed by atoms with Crippen molar-refractivity contribution >= 4 is 17.9 Å². The molecule has 124 valence electrons. The van der Waals surface area contributed by atoms with Crippen LogP contribution in [0.4, 0.5) is 4.79 Å². The number of esters is 1. The van der Waals surface area contributed by atoms with Gasteiger partial charge in [0.2, 0.25) is 0 Å². The van der Waals surface area contributed by atoms with Gasteiger partial charge in [-0.2, -0.15) is 0 Å². The number of hydrogen-bond acceptors (Lipinski definition) is 4. The average Bonchev–Trinajstić information content (AvgIpc) is 2.63. The van der Waals surface area contributed by atoms with E-state index in [1.807, 2.05) is 26.0 Å². The lowest BCUT2D eigenvalue weighted by molar-refractivity contribution is -0.135. The summed E-state index contributed by atoms with van der Waals surface area (Å²) in [6.07, 6.45) is 0.518. The molecule has 0 spiro atoms. The van der Waals surface area contributed by atoms with Crippen LogP contribution in [0.25, 0.3) is 0 Å². The summed E-state index contributed by atoms with van der Waals surface area (Å²) in [5, 5.41) is 2.60. The number of amides is 3. The Bertz CT molecular complexity index is 652. The van der Waals surface area contributed by atoms with Crippen molar-refractivity contribution in [1.82, 2.24) is 10.2 Å². The second kappa shape index (κ2) is 6.40. The van der Waals surface area contributed by atoms with Crippen LogP contribution in [0.5, 0.6) is 5.75 Å². The third kappa shape index (κ3) is 3.88. The van der Waals surface area contributed by atoms with Crippen molar-refractivity contribution in [3.05, 3.63) is 29.3 Å². The Morgan fingerprint density at radius 1 is 1.26 bits per heavy atom. The van der Waals surface area contributed by atoms with E-state index in [-0.39, 0.29) is 24.8 Å². The lowest BCUT2D eigenvalue weighted by Crippen LogP contribution is -2.40. The van der Waals surface area contributed by atoms with Gasteiger partial charge >= 0.3 is 12.0 Å². The lowest BCUT2D eigenvalue weighted by atomic mass is 10.1. The molecule has 1 N–H and O–H groups in total. The lowest BCUT2D eigenvalue weighted by Gasteiger charge is -2.15. The van der Waals surface area contributed by atoms with Gasteiger partial charge in [-0.15, -0.1) is 0 Å². The molecule has 6 heteroatoms. The maximum absolute atomic E-state index is 12.0. The van der Waals surface area contributed by atoms with Crippen molar-refractivity contribution in [1.29, 1.82) is 0 Å². The molecule has 23 heavy (non-hydrogen) atoms. The van der Waals surface area contributed by atoms with Gasteiger partial charge in [-0.05, 0) is 45.7 Å². The third-order valence-corrected chi connectivity index (χ3v) is 3.76. The molecule has 0 bridgehead atoms. The van der Waals surface area contributed by atoms with Crippen molar-refractivity contribution in [2.45, 2.75) is 46.1 Å². The Labute approximate surface area is 135 Å². The van der Waals surface area contributed by atoms with Crippen LogP contribution in [0.2, 0.25) is 0 Å². The van der Waals surface area contributed by atoms with E-state index in [1.54, 1.807) is 19.9 Å². The first-order valence-electron chi connectivity index (χ1n) is 7.63. The fourth-order valence-electron chi connectivity index (χ4n) is 2.49. The van der Waals surface area contributed by atoms with Gasteiger partial charge in [0, 0.05) is 13.0 Å². The monoisotopic (exact) mass is 318 g/mol. The molecular formula is C17H22N2O4. The van der Waals surface area contributed by atoms with E-state index in [1.165, 1.54) is 0 Å². The minimum atomic E-state index is -0.878. The minimum Gasteiger partial charge on any atom is -0.426 e. The summed E-state index contributed by atoms with van der Waals surface area (Å²) in [7, 11) is 0. The Kier molecular flexibility index (Phi) is 4.73. The van der Waals surface area contributed by atoms with Crippen LogP contribution in [0, 0.1) is 13.8 Å². The number of aryl methyl sites for hydroxylation is 2. The van der Waals surface area contributed by atoms with E-state index >= 15 is 0 Å². The summed E-state index contributed by atoms with van der Waals surface area (Å²) in [5.41, 5.74) is 1.12. The molecule has 1 aromatic carbocycles. The molecule has 1 saturated heterocycles. The number of urea groups is 1. The first-order valence-corrected chi connectivity index (χ1v) is 7.63. The number of rotatable bonds is 5. The van der Waals surface area contributed by atoms with Crippen LogP contribution in [0.1, 0.15) is 37.8 Å². The molecule has 1 fully saturated rings. The Balaban J connectivity index is 1.83. The van der Waals surface area contributed by atoms with Crippen LogP contribution in [0.3, 0.4) is 0 Å². The van der Waals surface area contributed by atoms with Crippen molar-refractivity contribution in [2.75, 3.05) is 6.54 Å². The van der Waals surface area contributed by atoms with Gasteiger partial charge in [0.15, 0.2) is 0 Å². The van der Waals surface area contributed by atoms with Crippen molar-refractivity contribution in [2.24, 2.45) is 0 Å². The van der Waals surface area contributed by atoms with E-state index in [4.69, 9.17) is 4.74 Å². The largest absolute Gasteiger partial charge is 0.426 e. The molecule has 2 rings (SSSR count). The molecule has 1 heterocycles. The van der Waals surface area contributed by atoms with Crippen molar-refractivity contribution in [3.63, 3.8) is 0 Å². The summed E-state index contributed by atoms with van der Waals surface area (Å²) in [4.78, 5) is 36.8. The molecule has 0 radical (unpaired) electrons. The molecular weight excluding hydrogens is 296 g/mol. The van der Waals surface area contributed by atoms with E-state index < -0.39 is 11.6 Å². The summed E-state index contributed by atoms with van der Waals surface area (Å²) < 4.78 is 5.32. The normalized spacial score (nSPS) is 16.4. The molecule has 0 unspecified atom stereocenters. The van der Waals surface area contributed by atoms with Crippen molar-refractivity contribution in [3.8, 4) is 5.75 Å². The number of carbonyl (C=O) groups is 3. The van der Waals surface area contributed by atoms with Gasteiger partial charge in [0.05, 0.1) is 0 Å². The van der Waals surface area contributed by atoms with E-state index in [0.717, 1.165) is 16.0 Å². The van der Waals surface area contributed by atoms with Crippen LogP contribution in [0.15, 0.2) is 18.2 Å². The quantitative estimate of drug-likeness (QED) is 0.513.